The van der Waals surface area contributed by atoms with Crippen molar-refractivity contribution in [2.45, 2.75) is 19.9 Å². The molecule has 1 unspecified atom stereocenters. The molecule has 0 aliphatic rings. The molecule has 3 amide bonds. The summed E-state index contributed by atoms with van der Waals surface area (Å²) in [5.74, 6) is 0.372. The second-order valence-corrected chi connectivity index (χ2v) is 5.58. The number of carbonyl (C=O) groups is 2. The van der Waals surface area contributed by atoms with E-state index in [0.29, 0.717) is 11.4 Å². The molecule has 0 aliphatic heterocycles. The fourth-order valence-electron chi connectivity index (χ4n) is 2.32. The first-order chi connectivity index (χ1) is 12.0. The lowest BCUT2D eigenvalue weighted by Crippen LogP contribution is -2.41. The zero-order valence-electron chi connectivity index (χ0n) is 14.5. The van der Waals surface area contributed by atoms with Crippen LogP contribution in [0.5, 0.6) is 5.75 Å². The normalized spacial score (nSPS) is 11.3. The Morgan fingerprint density at radius 1 is 1.28 bits per heavy atom. The number of amides is 3. The van der Waals surface area contributed by atoms with Crippen LogP contribution in [0, 0.1) is 6.92 Å². The number of hydrogen-bond donors (Lipinski definition) is 3. The number of pyridine rings is 1. The molecule has 1 atom stereocenters. The molecule has 1 heterocycles. The van der Waals surface area contributed by atoms with Crippen LogP contribution >= 0.6 is 0 Å². The summed E-state index contributed by atoms with van der Waals surface area (Å²) in [6.45, 7) is 3.68. The molecule has 1 aromatic carbocycles. The molecule has 0 bridgehead atoms. The predicted molar refractivity (Wildman–Crippen MR) is 95.5 cm³/mol. The minimum Gasteiger partial charge on any atom is -0.496 e. The Balaban J connectivity index is 1.85. The number of hydrogen-bond acceptors (Lipinski definition) is 4. The van der Waals surface area contributed by atoms with Crippen molar-refractivity contribution in [3.8, 4) is 5.75 Å². The summed E-state index contributed by atoms with van der Waals surface area (Å²) in [5.41, 5.74) is 2.52. The highest BCUT2D eigenvalue weighted by Crippen LogP contribution is 2.25. The highest BCUT2D eigenvalue weighted by molar-refractivity contribution is 5.94. The van der Waals surface area contributed by atoms with Gasteiger partial charge in [-0.1, -0.05) is 17.7 Å². The number of methoxy groups -OCH3 is 1. The second kappa shape index (κ2) is 8.68. The van der Waals surface area contributed by atoms with E-state index in [1.807, 2.05) is 32.0 Å². The molecule has 0 spiro atoms. The molecule has 25 heavy (non-hydrogen) atoms. The van der Waals surface area contributed by atoms with Gasteiger partial charge in [-0.3, -0.25) is 9.78 Å². The van der Waals surface area contributed by atoms with E-state index < -0.39 is 6.03 Å². The molecule has 0 aliphatic carbocycles. The summed E-state index contributed by atoms with van der Waals surface area (Å²) >= 11 is 0. The molecule has 2 rings (SSSR count). The monoisotopic (exact) mass is 342 g/mol. The van der Waals surface area contributed by atoms with Gasteiger partial charge in [0.2, 0.25) is 5.91 Å². The van der Waals surface area contributed by atoms with E-state index in [-0.39, 0.29) is 18.5 Å². The largest absolute Gasteiger partial charge is 0.496 e. The average Bonchev–Trinajstić information content (AvgIpc) is 2.60. The van der Waals surface area contributed by atoms with E-state index in [1.165, 1.54) is 6.20 Å². The van der Waals surface area contributed by atoms with Crippen molar-refractivity contribution in [3.05, 3.63) is 53.9 Å². The molecule has 3 N–H and O–H groups in total. The Kier molecular flexibility index (Phi) is 6.33. The highest BCUT2D eigenvalue weighted by atomic mass is 16.5. The van der Waals surface area contributed by atoms with Gasteiger partial charge in [0.15, 0.2) is 0 Å². The fourth-order valence-corrected chi connectivity index (χ4v) is 2.32. The van der Waals surface area contributed by atoms with Crippen LogP contribution < -0.4 is 20.7 Å². The molecule has 0 saturated carbocycles. The molecule has 132 valence electrons. The standard InChI is InChI=1S/C18H22N4O3/c1-12-6-7-16(25-3)15(9-12)13(2)21-18(24)20-11-17(23)22-14-5-4-8-19-10-14/h4-10,13H,11H2,1-3H3,(H,22,23)(H2,20,21,24). The number of rotatable bonds is 6. The first-order valence-electron chi connectivity index (χ1n) is 7.88. The predicted octanol–water partition coefficient (Wildman–Crippen LogP) is 2.40. The van der Waals surface area contributed by atoms with Crippen molar-refractivity contribution in [2.24, 2.45) is 0 Å². The number of aryl methyl sites for hydroxylation is 1. The van der Waals surface area contributed by atoms with E-state index in [9.17, 15) is 9.59 Å². The van der Waals surface area contributed by atoms with Gasteiger partial charge in [-0.05, 0) is 32.0 Å². The van der Waals surface area contributed by atoms with Gasteiger partial charge >= 0.3 is 6.03 Å². The Hall–Kier alpha value is -3.09. The molecular weight excluding hydrogens is 320 g/mol. The Labute approximate surface area is 146 Å². The SMILES string of the molecule is COc1ccc(C)cc1C(C)NC(=O)NCC(=O)Nc1cccnc1. The number of urea groups is 1. The number of carbonyl (C=O) groups excluding carboxylic acids is 2. The maximum Gasteiger partial charge on any atom is 0.315 e. The lowest BCUT2D eigenvalue weighted by molar-refractivity contribution is -0.115. The van der Waals surface area contributed by atoms with Gasteiger partial charge in [-0.25, -0.2) is 4.79 Å². The highest BCUT2D eigenvalue weighted by Gasteiger charge is 2.14. The van der Waals surface area contributed by atoms with Gasteiger partial charge < -0.3 is 20.7 Å². The van der Waals surface area contributed by atoms with Gasteiger partial charge in [0.25, 0.3) is 0 Å². The summed E-state index contributed by atoms with van der Waals surface area (Å²) in [6.07, 6.45) is 3.15. The van der Waals surface area contributed by atoms with Gasteiger partial charge in [-0.2, -0.15) is 0 Å². The van der Waals surface area contributed by atoms with E-state index in [2.05, 4.69) is 20.9 Å². The third-order valence-corrected chi connectivity index (χ3v) is 3.55. The third-order valence-electron chi connectivity index (χ3n) is 3.55. The van der Waals surface area contributed by atoms with Crippen molar-refractivity contribution in [1.82, 2.24) is 15.6 Å². The van der Waals surface area contributed by atoms with Crippen LogP contribution in [0.4, 0.5) is 10.5 Å². The van der Waals surface area contributed by atoms with Crippen molar-refractivity contribution < 1.29 is 14.3 Å². The van der Waals surface area contributed by atoms with Crippen LogP contribution in [-0.2, 0) is 4.79 Å². The second-order valence-electron chi connectivity index (χ2n) is 5.58. The fraction of sp³-hybridized carbons (Fsp3) is 0.278. The molecule has 2 aromatic rings. The molecule has 0 saturated heterocycles. The Morgan fingerprint density at radius 2 is 2.08 bits per heavy atom. The maximum absolute atomic E-state index is 12.0. The Bertz CT molecular complexity index is 734. The first kappa shape index (κ1) is 18.3. The van der Waals surface area contributed by atoms with Gasteiger partial charge in [0, 0.05) is 11.8 Å². The van der Waals surface area contributed by atoms with E-state index in [1.54, 1.807) is 25.4 Å². The van der Waals surface area contributed by atoms with Gasteiger partial charge in [0.05, 0.1) is 31.6 Å². The van der Waals surface area contributed by atoms with Crippen LogP contribution in [0.15, 0.2) is 42.7 Å². The number of anilines is 1. The number of nitrogens with one attached hydrogen (secondary N) is 3. The zero-order chi connectivity index (χ0) is 18.2. The Morgan fingerprint density at radius 3 is 2.76 bits per heavy atom. The maximum atomic E-state index is 12.0. The minimum absolute atomic E-state index is 0.140. The van der Waals surface area contributed by atoms with Crippen molar-refractivity contribution in [2.75, 3.05) is 19.0 Å². The summed E-state index contributed by atoms with van der Waals surface area (Å²) in [7, 11) is 1.59. The molecular formula is C18H22N4O3. The smallest absolute Gasteiger partial charge is 0.315 e. The third kappa shape index (κ3) is 5.49. The van der Waals surface area contributed by atoms with E-state index in [4.69, 9.17) is 4.74 Å². The van der Waals surface area contributed by atoms with Gasteiger partial charge in [0.1, 0.15) is 5.75 Å². The topological polar surface area (TPSA) is 92.4 Å². The molecule has 1 aromatic heterocycles. The number of nitrogens with zero attached hydrogens (tertiary/aromatic N) is 1. The molecule has 7 nitrogen and oxygen atoms in total. The van der Waals surface area contributed by atoms with Crippen molar-refractivity contribution in [3.63, 3.8) is 0 Å². The lowest BCUT2D eigenvalue weighted by atomic mass is 10.0. The van der Waals surface area contributed by atoms with Crippen LogP contribution in [0.3, 0.4) is 0 Å². The summed E-state index contributed by atoms with van der Waals surface area (Å²) in [6, 6.07) is 8.50. The number of aromatic nitrogens is 1. The van der Waals surface area contributed by atoms with Crippen molar-refractivity contribution in [1.29, 1.82) is 0 Å². The van der Waals surface area contributed by atoms with Gasteiger partial charge in [-0.15, -0.1) is 0 Å². The summed E-state index contributed by atoms with van der Waals surface area (Å²) in [5, 5.41) is 7.97. The number of ether oxygens (including phenoxy) is 1. The van der Waals surface area contributed by atoms with Crippen LogP contribution in [-0.4, -0.2) is 30.6 Å². The van der Waals surface area contributed by atoms with E-state index in [0.717, 1.165) is 11.1 Å². The van der Waals surface area contributed by atoms with Crippen LogP contribution in [0.2, 0.25) is 0 Å². The molecule has 7 heteroatoms. The summed E-state index contributed by atoms with van der Waals surface area (Å²) < 4.78 is 5.33. The first-order valence-corrected chi connectivity index (χ1v) is 7.88. The van der Waals surface area contributed by atoms with Crippen molar-refractivity contribution >= 4 is 17.6 Å². The molecule has 0 fully saturated rings. The average molecular weight is 342 g/mol. The minimum atomic E-state index is -0.433. The number of benzene rings is 1. The lowest BCUT2D eigenvalue weighted by Gasteiger charge is -2.18. The summed E-state index contributed by atoms with van der Waals surface area (Å²) in [4.78, 5) is 27.7. The molecule has 0 radical (unpaired) electrons. The van der Waals surface area contributed by atoms with Crippen LogP contribution in [0.1, 0.15) is 24.1 Å². The van der Waals surface area contributed by atoms with E-state index >= 15 is 0 Å². The van der Waals surface area contributed by atoms with Crippen LogP contribution in [0.25, 0.3) is 0 Å². The quantitative estimate of drug-likeness (QED) is 0.751. The zero-order valence-corrected chi connectivity index (χ0v) is 14.5.